The largest absolute Gasteiger partial charge is 0.508 e. The molecule has 1 aromatic heterocycles. The monoisotopic (exact) mass is 393 g/mol. The van der Waals surface area contributed by atoms with Gasteiger partial charge >= 0.3 is 0 Å². The maximum absolute atomic E-state index is 10.2. The predicted octanol–water partition coefficient (Wildman–Crippen LogP) is 6.13. The molecular formula is C26H23N3O. The van der Waals surface area contributed by atoms with Crippen LogP contribution in [0.3, 0.4) is 0 Å². The summed E-state index contributed by atoms with van der Waals surface area (Å²) < 4.78 is 0. The second-order valence-corrected chi connectivity index (χ2v) is 7.09. The molecule has 0 radical (unpaired) electrons. The second kappa shape index (κ2) is 9.05. The minimum Gasteiger partial charge on any atom is -0.508 e. The molecule has 0 atom stereocenters. The van der Waals surface area contributed by atoms with Crippen LogP contribution in [0.5, 0.6) is 5.75 Å². The highest BCUT2D eigenvalue weighted by molar-refractivity contribution is 5.89. The molecule has 4 heteroatoms. The van der Waals surface area contributed by atoms with Crippen molar-refractivity contribution in [2.45, 2.75) is 13.5 Å². The molecule has 0 unspecified atom stereocenters. The first kappa shape index (κ1) is 19.4. The van der Waals surface area contributed by atoms with E-state index < -0.39 is 0 Å². The van der Waals surface area contributed by atoms with Crippen LogP contribution in [0.25, 0.3) is 11.1 Å². The van der Waals surface area contributed by atoms with E-state index in [1.807, 2.05) is 73.8 Å². The van der Waals surface area contributed by atoms with Gasteiger partial charge in [-0.2, -0.15) is 0 Å². The number of rotatable bonds is 6. The van der Waals surface area contributed by atoms with Crippen molar-refractivity contribution in [3.63, 3.8) is 0 Å². The minimum atomic E-state index is 0.298. The van der Waals surface area contributed by atoms with Gasteiger partial charge in [-0.25, -0.2) is 0 Å². The molecule has 0 saturated carbocycles. The van der Waals surface area contributed by atoms with Crippen molar-refractivity contribution in [3.05, 3.63) is 108 Å². The third kappa shape index (κ3) is 4.55. The number of aromatic nitrogens is 1. The maximum atomic E-state index is 10.2. The van der Waals surface area contributed by atoms with Gasteiger partial charge in [-0.3, -0.25) is 9.98 Å². The Morgan fingerprint density at radius 1 is 0.933 bits per heavy atom. The van der Waals surface area contributed by atoms with Crippen molar-refractivity contribution in [1.29, 1.82) is 0 Å². The van der Waals surface area contributed by atoms with E-state index in [1.54, 1.807) is 18.5 Å². The van der Waals surface area contributed by atoms with E-state index in [4.69, 9.17) is 4.99 Å². The van der Waals surface area contributed by atoms with E-state index >= 15 is 0 Å². The lowest BCUT2D eigenvalue weighted by molar-refractivity contribution is 0.469. The van der Waals surface area contributed by atoms with E-state index in [9.17, 15) is 5.11 Å². The van der Waals surface area contributed by atoms with Gasteiger partial charge in [-0.15, -0.1) is 0 Å². The number of hydrogen-bond donors (Lipinski definition) is 2. The van der Waals surface area contributed by atoms with Gasteiger partial charge < -0.3 is 10.4 Å². The van der Waals surface area contributed by atoms with E-state index in [1.165, 1.54) is 0 Å². The topological polar surface area (TPSA) is 57.5 Å². The Hall–Kier alpha value is -3.92. The average Bonchev–Trinajstić information content (AvgIpc) is 2.79. The SMILES string of the molecule is Cc1ccc(O)c(CNc2ccccc2-c2ccccc2N=Cc2cccnc2)c1. The fourth-order valence-electron chi connectivity index (χ4n) is 3.33. The number of pyridine rings is 1. The third-order valence-corrected chi connectivity index (χ3v) is 4.86. The Labute approximate surface area is 176 Å². The first-order chi connectivity index (χ1) is 14.7. The molecule has 148 valence electrons. The highest BCUT2D eigenvalue weighted by Gasteiger charge is 2.09. The van der Waals surface area contributed by atoms with Gasteiger partial charge in [0.2, 0.25) is 0 Å². The Balaban J connectivity index is 1.64. The molecule has 1 heterocycles. The van der Waals surface area contributed by atoms with E-state index in [0.29, 0.717) is 12.3 Å². The molecule has 4 aromatic rings. The van der Waals surface area contributed by atoms with E-state index in [2.05, 4.69) is 22.4 Å². The Bertz CT molecular complexity index is 1170. The van der Waals surface area contributed by atoms with Gasteiger partial charge in [-0.05, 0) is 31.2 Å². The van der Waals surface area contributed by atoms with Crippen molar-refractivity contribution in [3.8, 4) is 16.9 Å². The molecule has 0 bridgehead atoms. The van der Waals surface area contributed by atoms with Gasteiger partial charge in [0.05, 0.1) is 5.69 Å². The van der Waals surface area contributed by atoms with Crippen LogP contribution in [0.2, 0.25) is 0 Å². The summed E-state index contributed by atoms with van der Waals surface area (Å²) in [7, 11) is 0. The minimum absolute atomic E-state index is 0.298. The zero-order chi connectivity index (χ0) is 20.8. The van der Waals surface area contributed by atoms with E-state index in [0.717, 1.165) is 39.2 Å². The van der Waals surface area contributed by atoms with Crippen molar-refractivity contribution in [2.24, 2.45) is 4.99 Å². The number of phenolic OH excluding ortho intramolecular Hbond substituents is 1. The summed E-state index contributed by atoms with van der Waals surface area (Å²) in [6.45, 7) is 2.55. The lowest BCUT2D eigenvalue weighted by Crippen LogP contribution is -2.01. The van der Waals surface area contributed by atoms with Crippen LogP contribution >= 0.6 is 0 Å². The summed E-state index contributed by atoms with van der Waals surface area (Å²) in [4.78, 5) is 8.84. The molecule has 0 aliphatic rings. The summed E-state index contributed by atoms with van der Waals surface area (Å²) in [5.41, 5.74) is 6.91. The standard InChI is InChI=1S/C26H23N3O/c1-19-12-13-26(30)21(15-19)18-29-25-11-5-3-9-23(25)22-8-2-4-10-24(22)28-17-20-7-6-14-27-16-20/h2-17,29-30H,18H2,1H3. The second-order valence-electron chi connectivity index (χ2n) is 7.09. The number of aromatic hydroxyl groups is 1. The zero-order valence-corrected chi connectivity index (χ0v) is 16.8. The number of para-hydroxylation sites is 2. The molecule has 0 saturated heterocycles. The maximum Gasteiger partial charge on any atom is 0.120 e. The normalized spacial score (nSPS) is 11.0. The summed E-state index contributed by atoms with van der Waals surface area (Å²) in [5.74, 6) is 0.298. The number of nitrogens with zero attached hydrogens (tertiary/aromatic N) is 2. The number of nitrogens with one attached hydrogen (secondary N) is 1. The molecule has 0 spiro atoms. The number of anilines is 1. The predicted molar refractivity (Wildman–Crippen MR) is 124 cm³/mol. The number of hydrogen-bond acceptors (Lipinski definition) is 4. The lowest BCUT2D eigenvalue weighted by atomic mass is 10.0. The molecular weight excluding hydrogens is 370 g/mol. The van der Waals surface area contributed by atoms with Crippen LogP contribution in [0.15, 0.2) is 96.2 Å². The summed E-state index contributed by atoms with van der Waals surface area (Å²) in [5, 5.41) is 13.6. The van der Waals surface area contributed by atoms with Crippen LogP contribution < -0.4 is 5.32 Å². The zero-order valence-electron chi connectivity index (χ0n) is 16.8. The van der Waals surface area contributed by atoms with E-state index in [-0.39, 0.29) is 0 Å². The quantitative estimate of drug-likeness (QED) is 0.388. The smallest absolute Gasteiger partial charge is 0.120 e. The molecule has 0 fully saturated rings. The molecule has 0 aliphatic heterocycles. The third-order valence-electron chi connectivity index (χ3n) is 4.86. The highest BCUT2D eigenvalue weighted by atomic mass is 16.3. The summed E-state index contributed by atoms with van der Waals surface area (Å²) in [6, 6.07) is 25.7. The molecule has 3 aromatic carbocycles. The van der Waals surface area contributed by atoms with Gasteiger partial charge in [0.15, 0.2) is 0 Å². The molecule has 4 nitrogen and oxygen atoms in total. The fraction of sp³-hybridized carbons (Fsp3) is 0.0769. The van der Waals surface area contributed by atoms with Crippen LogP contribution in [0.4, 0.5) is 11.4 Å². The van der Waals surface area contributed by atoms with Crippen molar-refractivity contribution in [2.75, 3.05) is 5.32 Å². The van der Waals surface area contributed by atoms with Gasteiger partial charge in [0, 0.05) is 53.1 Å². The first-order valence-corrected chi connectivity index (χ1v) is 9.85. The van der Waals surface area contributed by atoms with Gasteiger partial charge in [0.1, 0.15) is 5.75 Å². The van der Waals surface area contributed by atoms with Gasteiger partial charge in [0.25, 0.3) is 0 Å². The summed E-state index contributed by atoms with van der Waals surface area (Å²) >= 11 is 0. The van der Waals surface area contributed by atoms with Crippen molar-refractivity contribution < 1.29 is 5.11 Å². The van der Waals surface area contributed by atoms with Crippen LogP contribution in [0.1, 0.15) is 16.7 Å². The van der Waals surface area contributed by atoms with Crippen molar-refractivity contribution in [1.82, 2.24) is 4.98 Å². The average molecular weight is 393 g/mol. The Morgan fingerprint density at radius 2 is 1.73 bits per heavy atom. The van der Waals surface area contributed by atoms with Crippen LogP contribution in [-0.2, 0) is 6.54 Å². The van der Waals surface area contributed by atoms with Crippen LogP contribution in [-0.4, -0.2) is 16.3 Å². The Kier molecular flexibility index (Phi) is 5.85. The molecule has 2 N–H and O–H groups in total. The fourth-order valence-corrected chi connectivity index (χ4v) is 3.33. The highest BCUT2D eigenvalue weighted by Crippen LogP contribution is 2.35. The first-order valence-electron chi connectivity index (χ1n) is 9.85. The van der Waals surface area contributed by atoms with Gasteiger partial charge in [-0.1, -0.05) is 60.2 Å². The molecule has 30 heavy (non-hydrogen) atoms. The number of aryl methyl sites for hydroxylation is 1. The summed E-state index contributed by atoms with van der Waals surface area (Å²) in [6.07, 6.45) is 5.36. The number of phenols is 1. The lowest BCUT2D eigenvalue weighted by Gasteiger charge is -2.15. The molecule has 0 aliphatic carbocycles. The van der Waals surface area contributed by atoms with Crippen molar-refractivity contribution >= 4 is 17.6 Å². The molecule has 0 amide bonds. The number of aliphatic imine (C=N–C) groups is 1. The molecule has 4 rings (SSSR count). The van der Waals surface area contributed by atoms with Crippen LogP contribution in [0, 0.1) is 6.92 Å². The Morgan fingerprint density at radius 3 is 2.57 bits per heavy atom. The number of benzene rings is 3.